The number of aromatic nitrogens is 1. The molecule has 0 amide bonds. The number of hydrogen-bond donors (Lipinski definition) is 1. The maximum absolute atomic E-state index is 4.83. The average molecular weight is 236 g/mol. The predicted octanol–water partition coefficient (Wildman–Crippen LogP) is 3.10. The Morgan fingerprint density at radius 2 is 2.12 bits per heavy atom. The molecule has 16 heavy (non-hydrogen) atoms. The summed E-state index contributed by atoms with van der Waals surface area (Å²) < 4.78 is 0. The van der Waals surface area contributed by atoms with Crippen LogP contribution in [-0.4, -0.2) is 17.6 Å². The van der Waals surface area contributed by atoms with Gasteiger partial charge in [0.1, 0.15) is 0 Å². The first-order valence-corrected chi connectivity index (χ1v) is 7.47. The molecule has 1 saturated heterocycles. The molecule has 1 unspecified atom stereocenters. The van der Waals surface area contributed by atoms with Crippen molar-refractivity contribution in [3.05, 3.63) is 16.1 Å². The molecular weight excluding hydrogens is 216 g/mol. The van der Waals surface area contributed by atoms with Crippen LogP contribution in [0.4, 0.5) is 0 Å². The van der Waals surface area contributed by atoms with E-state index in [1.807, 2.05) is 11.3 Å². The van der Waals surface area contributed by atoms with Crippen LogP contribution < -0.4 is 5.32 Å². The van der Waals surface area contributed by atoms with Crippen LogP contribution in [0.1, 0.15) is 55.1 Å². The third-order valence-corrected chi connectivity index (χ3v) is 4.82. The highest BCUT2D eigenvalue weighted by molar-refractivity contribution is 7.09. The van der Waals surface area contributed by atoms with Gasteiger partial charge in [0.2, 0.25) is 0 Å². The van der Waals surface area contributed by atoms with Crippen LogP contribution in [0.25, 0.3) is 0 Å². The van der Waals surface area contributed by atoms with Crippen LogP contribution in [0.5, 0.6) is 0 Å². The van der Waals surface area contributed by atoms with Crippen LogP contribution in [0.3, 0.4) is 0 Å². The topological polar surface area (TPSA) is 24.9 Å². The first kappa shape index (κ1) is 10.7. The van der Waals surface area contributed by atoms with Crippen molar-refractivity contribution in [2.24, 2.45) is 0 Å². The number of nitrogens with zero attached hydrogens (tertiary/aromatic N) is 1. The van der Waals surface area contributed by atoms with Crippen molar-refractivity contribution in [3.8, 4) is 0 Å². The summed E-state index contributed by atoms with van der Waals surface area (Å²) in [7, 11) is 0. The van der Waals surface area contributed by atoms with Crippen molar-refractivity contribution < 1.29 is 0 Å². The van der Waals surface area contributed by atoms with Gasteiger partial charge in [-0.25, -0.2) is 4.98 Å². The van der Waals surface area contributed by atoms with Crippen molar-refractivity contribution in [3.63, 3.8) is 0 Å². The fourth-order valence-electron chi connectivity index (χ4n) is 2.97. The molecule has 1 aliphatic heterocycles. The van der Waals surface area contributed by atoms with Gasteiger partial charge in [-0.05, 0) is 32.2 Å². The van der Waals surface area contributed by atoms with E-state index in [-0.39, 0.29) is 0 Å². The summed E-state index contributed by atoms with van der Waals surface area (Å²) in [4.78, 5) is 4.83. The quantitative estimate of drug-likeness (QED) is 0.872. The number of rotatable bonds is 3. The molecule has 88 valence electrons. The summed E-state index contributed by atoms with van der Waals surface area (Å²) >= 11 is 1.87. The second-order valence-corrected chi connectivity index (χ2v) is 6.09. The van der Waals surface area contributed by atoms with Crippen molar-refractivity contribution in [1.29, 1.82) is 0 Å². The molecule has 1 saturated carbocycles. The molecule has 3 rings (SSSR count). The third-order valence-electron chi connectivity index (χ3n) is 3.93. The molecular formula is C13H20N2S. The van der Waals surface area contributed by atoms with Gasteiger partial charge in [-0.2, -0.15) is 0 Å². The van der Waals surface area contributed by atoms with E-state index in [1.54, 1.807) is 0 Å². The lowest BCUT2D eigenvalue weighted by Crippen LogP contribution is -2.23. The Bertz CT molecular complexity index is 335. The molecule has 0 bridgehead atoms. The monoisotopic (exact) mass is 236 g/mol. The molecule has 0 aromatic carbocycles. The van der Waals surface area contributed by atoms with Gasteiger partial charge in [-0.3, -0.25) is 0 Å². The fraction of sp³-hybridized carbons (Fsp3) is 0.769. The lowest BCUT2D eigenvalue weighted by Gasteiger charge is -2.07. The SMILES string of the molecule is c1sc(CC2CCCN2)nc1C1CCCC1. The van der Waals surface area contributed by atoms with Gasteiger partial charge in [0.15, 0.2) is 0 Å². The Morgan fingerprint density at radius 1 is 1.25 bits per heavy atom. The van der Waals surface area contributed by atoms with E-state index < -0.39 is 0 Å². The Hall–Kier alpha value is -0.410. The van der Waals surface area contributed by atoms with Gasteiger partial charge in [-0.15, -0.1) is 11.3 Å². The van der Waals surface area contributed by atoms with E-state index in [9.17, 15) is 0 Å². The second-order valence-electron chi connectivity index (χ2n) is 5.14. The average Bonchev–Trinajstić information content (AvgIpc) is 2.99. The van der Waals surface area contributed by atoms with E-state index in [0.717, 1.165) is 12.3 Å². The zero-order valence-electron chi connectivity index (χ0n) is 9.74. The number of hydrogen-bond acceptors (Lipinski definition) is 3. The van der Waals surface area contributed by atoms with E-state index in [0.29, 0.717) is 6.04 Å². The Kier molecular flexibility index (Phi) is 3.25. The number of thiazole rings is 1. The van der Waals surface area contributed by atoms with Crippen LogP contribution in [0, 0.1) is 0 Å². The zero-order valence-corrected chi connectivity index (χ0v) is 10.6. The Morgan fingerprint density at radius 3 is 2.88 bits per heavy atom. The molecule has 3 heteroatoms. The highest BCUT2D eigenvalue weighted by Crippen LogP contribution is 2.34. The summed E-state index contributed by atoms with van der Waals surface area (Å²) in [5.74, 6) is 0.779. The van der Waals surface area contributed by atoms with Gasteiger partial charge in [-0.1, -0.05) is 12.8 Å². The second kappa shape index (κ2) is 4.84. The fourth-order valence-corrected chi connectivity index (χ4v) is 3.93. The summed E-state index contributed by atoms with van der Waals surface area (Å²) in [6, 6.07) is 0.697. The van der Waals surface area contributed by atoms with E-state index >= 15 is 0 Å². The van der Waals surface area contributed by atoms with Crippen LogP contribution in [-0.2, 0) is 6.42 Å². The number of nitrogens with one attached hydrogen (secondary N) is 1. The molecule has 1 aromatic heterocycles. The molecule has 1 N–H and O–H groups in total. The summed E-state index contributed by atoms with van der Waals surface area (Å²) in [5.41, 5.74) is 1.38. The lowest BCUT2D eigenvalue weighted by molar-refractivity contribution is 0.598. The standard InChI is InChI=1S/C13H20N2S/c1-2-5-10(4-1)12-9-16-13(15-12)8-11-6-3-7-14-11/h9-11,14H,1-8H2. The highest BCUT2D eigenvalue weighted by atomic mass is 32.1. The smallest absolute Gasteiger partial charge is 0.0943 e. The maximum atomic E-state index is 4.83. The van der Waals surface area contributed by atoms with E-state index in [4.69, 9.17) is 4.98 Å². The normalized spacial score (nSPS) is 26.6. The van der Waals surface area contributed by atoms with Gasteiger partial charge in [0.05, 0.1) is 10.7 Å². The lowest BCUT2D eigenvalue weighted by atomic mass is 10.1. The zero-order chi connectivity index (χ0) is 10.8. The molecule has 2 heterocycles. The van der Waals surface area contributed by atoms with Gasteiger partial charge >= 0.3 is 0 Å². The van der Waals surface area contributed by atoms with Crippen molar-refractivity contribution in [2.45, 2.75) is 56.9 Å². The Balaban J connectivity index is 1.62. The minimum atomic E-state index is 0.697. The molecule has 1 atom stereocenters. The molecule has 2 fully saturated rings. The Labute approximate surface area is 101 Å². The van der Waals surface area contributed by atoms with Crippen LogP contribution >= 0.6 is 11.3 Å². The predicted molar refractivity (Wildman–Crippen MR) is 68.1 cm³/mol. The molecule has 0 spiro atoms. The maximum Gasteiger partial charge on any atom is 0.0943 e. The summed E-state index contributed by atoms with van der Waals surface area (Å²) in [6.45, 7) is 1.20. The first-order valence-electron chi connectivity index (χ1n) is 6.59. The first-order chi connectivity index (χ1) is 7.92. The third kappa shape index (κ3) is 2.30. The highest BCUT2D eigenvalue weighted by Gasteiger charge is 2.21. The minimum Gasteiger partial charge on any atom is -0.314 e. The van der Waals surface area contributed by atoms with Crippen molar-refractivity contribution in [2.75, 3.05) is 6.54 Å². The van der Waals surface area contributed by atoms with Gasteiger partial charge in [0.25, 0.3) is 0 Å². The molecule has 2 aliphatic rings. The molecule has 1 aliphatic carbocycles. The summed E-state index contributed by atoms with van der Waals surface area (Å²) in [6.07, 6.45) is 9.36. The van der Waals surface area contributed by atoms with Crippen molar-refractivity contribution in [1.82, 2.24) is 10.3 Å². The largest absolute Gasteiger partial charge is 0.314 e. The summed E-state index contributed by atoms with van der Waals surface area (Å²) in [5, 5.41) is 7.20. The van der Waals surface area contributed by atoms with E-state index in [1.165, 1.54) is 55.8 Å². The van der Waals surface area contributed by atoms with Crippen LogP contribution in [0.2, 0.25) is 0 Å². The molecule has 2 nitrogen and oxygen atoms in total. The molecule has 1 aromatic rings. The van der Waals surface area contributed by atoms with Crippen molar-refractivity contribution >= 4 is 11.3 Å². The van der Waals surface area contributed by atoms with Crippen LogP contribution in [0.15, 0.2) is 5.38 Å². The van der Waals surface area contributed by atoms with Gasteiger partial charge < -0.3 is 5.32 Å². The molecule has 0 radical (unpaired) electrons. The van der Waals surface area contributed by atoms with Gasteiger partial charge in [0, 0.05) is 23.8 Å². The minimum absolute atomic E-state index is 0.697. The van der Waals surface area contributed by atoms with E-state index in [2.05, 4.69) is 10.7 Å².